The molecule has 3 heteroatoms. The van der Waals surface area contributed by atoms with Crippen LogP contribution in [0.15, 0.2) is 61.2 Å². The number of carbonyl (C=O) groups is 1. The van der Waals surface area contributed by atoms with Gasteiger partial charge in [-0.1, -0.05) is 43.3 Å². The van der Waals surface area contributed by atoms with Gasteiger partial charge < -0.3 is 10.6 Å². The van der Waals surface area contributed by atoms with Crippen LogP contribution in [0.25, 0.3) is 0 Å². The summed E-state index contributed by atoms with van der Waals surface area (Å²) in [5.41, 5.74) is 4.19. The number of hydrogen-bond donors (Lipinski definition) is 2. The van der Waals surface area contributed by atoms with Crippen molar-refractivity contribution < 1.29 is 4.79 Å². The number of amides is 1. The van der Waals surface area contributed by atoms with Crippen molar-refractivity contribution in [3.05, 3.63) is 77.9 Å². The van der Waals surface area contributed by atoms with Crippen molar-refractivity contribution in [3.8, 4) is 0 Å². The van der Waals surface area contributed by atoms with E-state index in [2.05, 4.69) is 42.3 Å². The zero-order valence-corrected chi connectivity index (χ0v) is 12.9. The Balaban J connectivity index is 2.04. The van der Waals surface area contributed by atoms with Gasteiger partial charge in [0.05, 0.1) is 0 Å². The van der Waals surface area contributed by atoms with Gasteiger partial charge >= 0.3 is 0 Å². The van der Waals surface area contributed by atoms with Crippen molar-refractivity contribution in [1.29, 1.82) is 0 Å². The summed E-state index contributed by atoms with van der Waals surface area (Å²) in [5.74, 6) is -0.0734. The Bertz CT molecular complexity index is 649. The zero-order valence-electron chi connectivity index (χ0n) is 12.9. The first-order valence-electron chi connectivity index (χ1n) is 7.54. The van der Waals surface area contributed by atoms with Crippen molar-refractivity contribution in [2.24, 2.45) is 0 Å². The maximum Gasteiger partial charge on any atom is 0.251 e. The van der Waals surface area contributed by atoms with Gasteiger partial charge in [0.15, 0.2) is 0 Å². The van der Waals surface area contributed by atoms with Gasteiger partial charge in [0, 0.05) is 24.3 Å². The largest absolute Gasteiger partial charge is 0.381 e. The molecule has 0 aliphatic carbocycles. The number of nitrogens with one attached hydrogen (secondary N) is 2. The summed E-state index contributed by atoms with van der Waals surface area (Å²) in [5, 5.41) is 6.23. The van der Waals surface area contributed by atoms with Crippen LogP contribution in [-0.4, -0.2) is 12.5 Å². The summed E-state index contributed by atoms with van der Waals surface area (Å²) in [6.45, 7) is 6.91. The average Bonchev–Trinajstić information content (AvgIpc) is 2.58. The second-order valence-corrected chi connectivity index (χ2v) is 5.06. The number of anilines is 1. The molecule has 2 aromatic rings. The number of aryl methyl sites for hydroxylation is 1. The summed E-state index contributed by atoms with van der Waals surface area (Å²) in [6, 6.07) is 16.0. The molecule has 114 valence electrons. The normalized spacial score (nSPS) is 10.0. The molecule has 2 aromatic carbocycles. The molecule has 0 aliphatic rings. The predicted molar refractivity (Wildman–Crippen MR) is 92.1 cm³/mol. The molecule has 0 saturated heterocycles. The van der Waals surface area contributed by atoms with Gasteiger partial charge in [-0.3, -0.25) is 4.79 Å². The van der Waals surface area contributed by atoms with E-state index in [4.69, 9.17) is 0 Å². The highest BCUT2D eigenvalue weighted by Crippen LogP contribution is 2.17. The third-order valence-electron chi connectivity index (χ3n) is 3.48. The van der Waals surface area contributed by atoms with Gasteiger partial charge in [0.25, 0.3) is 5.91 Å². The third kappa shape index (κ3) is 4.22. The number of hydrogen-bond acceptors (Lipinski definition) is 2. The molecular formula is C19H22N2O. The SMILES string of the molecule is C=CCNC(=O)c1cccc(CNc2ccccc2CC)c1. The van der Waals surface area contributed by atoms with Crippen molar-refractivity contribution in [2.75, 3.05) is 11.9 Å². The van der Waals surface area contributed by atoms with E-state index in [1.165, 1.54) is 5.56 Å². The van der Waals surface area contributed by atoms with E-state index < -0.39 is 0 Å². The molecule has 2 N–H and O–H groups in total. The molecule has 0 spiro atoms. The first-order valence-corrected chi connectivity index (χ1v) is 7.54. The van der Waals surface area contributed by atoms with Gasteiger partial charge in [-0.25, -0.2) is 0 Å². The van der Waals surface area contributed by atoms with Crippen LogP contribution >= 0.6 is 0 Å². The van der Waals surface area contributed by atoms with E-state index in [1.807, 2.05) is 30.3 Å². The van der Waals surface area contributed by atoms with Crippen molar-refractivity contribution in [3.63, 3.8) is 0 Å². The molecule has 0 bridgehead atoms. The molecule has 0 heterocycles. The fourth-order valence-corrected chi connectivity index (χ4v) is 2.29. The number of benzene rings is 2. The number of carbonyl (C=O) groups excluding carboxylic acids is 1. The van der Waals surface area contributed by atoms with Crippen molar-refractivity contribution in [2.45, 2.75) is 19.9 Å². The second kappa shape index (κ2) is 8.03. The molecule has 0 aliphatic heterocycles. The second-order valence-electron chi connectivity index (χ2n) is 5.06. The summed E-state index contributed by atoms with van der Waals surface area (Å²) in [7, 11) is 0. The Morgan fingerprint density at radius 2 is 2.00 bits per heavy atom. The van der Waals surface area contributed by atoms with Crippen molar-refractivity contribution in [1.82, 2.24) is 5.32 Å². The molecule has 0 fully saturated rings. The lowest BCUT2D eigenvalue weighted by Crippen LogP contribution is -2.23. The van der Waals surface area contributed by atoms with Crippen LogP contribution in [-0.2, 0) is 13.0 Å². The van der Waals surface area contributed by atoms with Crippen LogP contribution in [0.5, 0.6) is 0 Å². The molecule has 0 saturated carbocycles. The standard InChI is InChI=1S/C19H22N2O/c1-3-12-20-19(22)17-10-7-8-15(13-17)14-21-18-11-6-5-9-16(18)4-2/h3,5-11,13,21H,1,4,12,14H2,2H3,(H,20,22). The lowest BCUT2D eigenvalue weighted by atomic mass is 10.1. The quantitative estimate of drug-likeness (QED) is 0.763. The summed E-state index contributed by atoms with van der Waals surface area (Å²) in [4.78, 5) is 12.0. The highest BCUT2D eigenvalue weighted by atomic mass is 16.1. The van der Waals surface area contributed by atoms with E-state index in [0.29, 0.717) is 18.7 Å². The van der Waals surface area contributed by atoms with Gasteiger partial charge in [0.2, 0.25) is 0 Å². The predicted octanol–water partition coefficient (Wildman–Crippen LogP) is 3.78. The maximum atomic E-state index is 12.0. The molecule has 22 heavy (non-hydrogen) atoms. The van der Waals surface area contributed by atoms with Crippen LogP contribution in [0.2, 0.25) is 0 Å². The Morgan fingerprint density at radius 3 is 2.77 bits per heavy atom. The Morgan fingerprint density at radius 1 is 1.18 bits per heavy atom. The molecule has 0 radical (unpaired) electrons. The molecule has 0 atom stereocenters. The lowest BCUT2D eigenvalue weighted by Gasteiger charge is -2.11. The van der Waals surface area contributed by atoms with Crippen LogP contribution in [0.1, 0.15) is 28.4 Å². The minimum absolute atomic E-state index is 0.0734. The van der Waals surface area contributed by atoms with Gasteiger partial charge in [-0.15, -0.1) is 6.58 Å². The summed E-state index contributed by atoms with van der Waals surface area (Å²) >= 11 is 0. The monoisotopic (exact) mass is 294 g/mol. The van der Waals surface area contributed by atoms with Gasteiger partial charge in [-0.05, 0) is 35.7 Å². The lowest BCUT2D eigenvalue weighted by molar-refractivity contribution is 0.0958. The first-order chi connectivity index (χ1) is 10.7. The first kappa shape index (κ1) is 15.8. The smallest absolute Gasteiger partial charge is 0.251 e. The minimum Gasteiger partial charge on any atom is -0.381 e. The molecule has 1 amide bonds. The van der Waals surface area contributed by atoms with Gasteiger partial charge in [-0.2, -0.15) is 0 Å². The van der Waals surface area contributed by atoms with Crippen LogP contribution < -0.4 is 10.6 Å². The van der Waals surface area contributed by atoms with E-state index in [9.17, 15) is 4.79 Å². The zero-order chi connectivity index (χ0) is 15.8. The van der Waals surface area contributed by atoms with Crippen LogP contribution in [0.4, 0.5) is 5.69 Å². The summed E-state index contributed by atoms with van der Waals surface area (Å²) in [6.07, 6.45) is 2.66. The number of rotatable bonds is 7. The molecule has 2 rings (SSSR count). The molecule has 0 unspecified atom stereocenters. The fourth-order valence-electron chi connectivity index (χ4n) is 2.29. The minimum atomic E-state index is -0.0734. The molecule has 0 aromatic heterocycles. The third-order valence-corrected chi connectivity index (χ3v) is 3.48. The Kier molecular flexibility index (Phi) is 5.78. The van der Waals surface area contributed by atoms with Crippen molar-refractivity contribution >= 4 is 11.6 Å². The highest BCUT2D eigenvalue weighted by molar-refractivity contribution is 5.94. The Hall–Kier alpha value is -2.55. The van der Waals surface area contributed by atoms with Gasteiger partial charge in [0.1, 0.15) is 0 Å². The van der Waals surface area contributed by atoms with Crippen LogP contribution in [0.3, 0.4) is 0 Å². The van der Waals surface area contributed by atoms with E-state index in [1.54, 1.807) is 6.08 Å². The highest BCUT2D eigenvalue weighted by Gasteiger charge is 2.05. The molecular weight excluding hydrogens is 272 g/mol. The average molecular weight is 294 g/mol. The molecule has 3 nitrogen and oxygen atoms in total. The number of para-hydroxylation sites is 1. The fraction of sp³-hybridized carbons (Fsp3) is 0.211. The van der Waals surface area contributed by atoms with Crippen LogP contribution in [0, 0.1) is 0 Å². The van der Waals surface area contributed by atoms with E-state index >= 15 is 0 Å². The Labute approximate surface area is 132 Å². The summed E-state index contributed by atoms with van der Waals surface area (Å²) < 4.78 is 0. The topological polar surface area (TPSA) is 41.1 Å². The maximum absolute atomic E-state index is 12.0. The van der Waals surface area contributed by atoms with E-state index in [-0.39, 0.29) is 5.91 Å². The van der Waals surface area contributed by atoms with E-state index in [0.717, 1.165) is 17.7 Å².